The van der Waals surface area contributed by atoms with Gasteiger partial charge < -0.3 is 29.6 Å². The molecule has 2 aliphatic heterocycles. The summed E-state index contributed by atoms with van der Waals surface area (Å²) in [5.74, 6) is -0.103. The van der Waals surface area contributed by atoms with E-state index in [1.807, 2.05) is 0 Å². The molecule has 9 heteroatoms. The van der Waals surface area contributed by atoms with Gasteiger partial charge in [0.25, 0.3) is 11.8 Å². The van der Waals surface area contributed by atoms with E-state index in [2.05, 4.69) is 10.6 Å². The fourth-order valence-corrected chi connectivity index (χ4v) is 2.90. The summed E-state index contributed by atoms with van der Waals surface area (Å²) < 4.78 is 21.2. The number of rotatable bonds is 5. The number of carbonyl (C=O) groups is 3. The first-order valence-electron chi connectivity index (χ1n) is 8.96. The summed E-state index contributed by atoms with van der Waals surface area (Å²) in [7, 11) is 0. The van der Waals surface area contributed by atoms with Gasteiger partial charge in [-0.1, -0.05) is 12.1 Å². The molecular weight excluding hydrogens is 380 g/mol. The molecule has 0 aliphatic carbocycles. The second-order valence-electron chi connectivity index (χ2n) is 6.49. The van der Waals surface area contributed by atoms with Gasteiger partial charge in [-0.25, -0.2) is 0 Å². The SMILES string of the molecule is C[C@@H](OC(=O)C[C@@H]1Oc2ccccc2NC1=O)C(=O)Nc1ccc2c(c1)OCO2. The normalized spacial score (nSPS) is 17.4. The van der Waals surface area contributed by atoms with Crippen LogP contribution < -0.4 is 24.8 Å². The highest BCUT2D eigenvalue weighted by molar-refractivity contribution is 6.00. The van der Waals surface area contributed by atoms with Gasteiger partial charge in [-0.3, -0.25) is 14.4 Å². The number of benzene rings is 2. The van der Waals surface area contributed by atoms with Gasteiger partial charge in [0, 0.05) is 11.8 Å². The highest BCUT2D eigenvalue weighted by Gasteiger charge is 2.31. The van der Waals surface area contributed by atoms with E-state index in [1.165, 1.54) is 6.92 Å². The third-order valence-electron chi connectivity index (χ3n) is 4.38. The smallest absolute Gasteiger partial charge is 0.310 e. The quantitative estimate of drug-likeness (QED) is 0.742. The van der Waals surface area contributed by atoms with Gasteiger partial charge in [0.1, 0.15) is 5.75 Å². The lowest BCUT2D eigenvalue weighted by atomic mass is 10.1. The molecule has 0 fully saturated rings. The monoisotopic (exact) mass is 398 g/mol. The maximum absolute atomic E-state index is 12.3. The molecule has 150 valence electrons. The van der Waals surface area contributed by atoms with Crippen molar-refractivity contribution in [1.82, 2.24) is 0 Å². The van der Waals surface area contributed by atoms with E-state index >= 15 is 0 Å². The van der Waals surface area contributed by atoms with Crippen LogP contribution in [0.4, 0.5) is 11.4 Å². The number of esters is 1. The minimum absolute atomic E-state index is 0.127. The first-order chi connectivity index (χ1) is 14.0. The van der Waals surface area contributed by atoms with Crippen LogP contribution in [0.2, 0.25) is 0 Å². The van der Waals surface area contributed by atoms with Crippen LogP contribution in [0.1, 0.15) is 13.3 Å². The molecule has 4 rings (SSSR count). The number of amides is 2. The summed E-state index contributed by atoms with van der Waals surface area (Å²) in [6.45, 7) is 1.57. The van der Waals surface area contributed by atoms with E-state index in [4.69, 9.17) is 18.9 Å². The number of nitrogens with one attached hydrogen (secondary N) is 2. The maximum Gasteiger partial charge on any atom is 0.310 e. The van der Waals surface area contributed by atoms with Crippen LogP contribution in [0.25, 0.3) is 0 Å². The zero-order chi connectivity index (χ0) is 20.4. The van der Waals surface area contributed by atoms with Gasteiger partial charge in [0.05, 0.1) is 12.1 Å². The van der Waals surface area contributed by atoms with Crippen LogP contribution in [0.3, 0.4) is 0 Å². The minimum atomic E-state index is -1.06. The number of hydrogen-bond acceptors (Lipinski definition) is 7. The molecule has 2 aromatic rings. The lowest BCUT2D eigenvalue weighted by Gasteiger charge is -2.25. The summed E-state index contributed by atoms with van der Waals surface area (Å²) in [5, 5.41) is 5.31. The number of para-hydroxylation sites is 2. The number of hydrogen-bond donors (Lipinski definition) is 2. The Morgan fingerprint density at radius 3 is 2.83 bits per heavy atom. The first kappa shape index (κ1) is 18.6. The molecule has 0 aromatic heterocycles. The summed E-state index contributed by atoms with van der Waals surface area (Å²) in [5.41, 5.74) is 1.02. The van der Waals surface area contributed by atoms with Crippen molar-refractivity contribution in [2.24, 2.45) is 0 Å². The van der Waals surface area contributed by atoms with Crippen LogP contribution in [0, 0.1) is 0 Å². The fourth-order valence-electron chi connectivity index (χ4n) is 2.90. The fraction of sp³-hybridized carbons (Fsp3) is 0.250. The Bertz CT molecular complexity index is 975. The lowest BCUT2D eigenvalue weighted by molar-refractivity contribution is -0.155. The van der Waals surface area contributed by atoms with Crippen LogP contribution in [0.15, 0.2) is 42.5 Å². The summed E-state index contributed by atoms with van der Waals surface area (Å²) in [6.07, 6.45) is -2.41. The van der Waals surface area contributed by atoms with Crippen molar-refractivity contribution >= 4 is 29.2 Å². The Hall–Kier alpha value is -3.75. The van der Waals surface area contributed by atoms with E-state index in [1.54, 1.807) is 42.5 Å². The number of ether oxygens (including phenoxy) is 4. The zero-order valence-corrected chi connectivity index (χ0v) is 15.5. The third kappa shape index (κ3) is 4.08. The molecular formula is C20H18N2O7. The van der Waals surface area contributed by atoms with Crippen molar-refractivity contribution in [3.63, 3.8) is 0 Å². The largest absolute Gasteiger partial charge is 0.478 e. The highest BCUT2D eigenvalue weighted by atomic mass is 16.7. The molecule has 0 radical (unpaired) electrons. The molecule has 2 heterocycles. The van der Waals surface area contributed by atoms with Crippen molar-refractivity contribution in [2.75, 3.05) is 17.4 Å². The minimum Gasteiger partial charge on any atom is -0.478 e. The van der Waals surface area contributed by atoms with Crippen LogP contribution in [0.5, 0.6) is 17.2 Å². The van der Waals surface area contributed by atoms with E-state index in [9.17, 15) is 14.4 Å². The topological polar surface area (TPSA) is 112 Å². The Balaban J connectivity index is 1.31. The second kappa shape index (κ2) is 7.70. The van der Waals surface area contributed by atoms with Gasteiger partial charge in [0.2, 0.25) is 6.79 Å². The van der Waals surface area contributed by atoms with Crippen LogP contribution in [-0.2, 0) is 19.1 Å². The van der Waals surface area contributed by atoms with Crippen molar-refractivity contribution in [1.29, 1.82) is 0 Å². The molecule has 0 unspecified atom stereocenters. The molecule has 0 bridgehead atoms. The second-order valence-corrected chi connectivity index (χ2v) is 6.49. The lowest BCUT2D eigenvalue weighted by Crippen LogP contribution is -2.40. The molecule has 9 nitrogen and oxygen atoms in total. The van der Waals surface area contributed by atoms with Gasteiger partial charge in [-0.15, -0.1) is 0 Å². The molecule has 2 amide bonds. The van der Waals surface area contributed by atoms with Crippen molar-refractivity contribution in [3.8, 4) is 17.2 Å². The van der Waals surface area contributed by atoms with E-state index in [-0.39, 0.29) is 13.2 Å². The standard InChI is InChI=1S/C20H18N2O7/c1-11(19(24)21-12-6-7-15-16(8-12)27-10-26-15)28-18(23)9-17-20(25)22-13-4-2-3-5-14(13)29-17/h2-8,11,17H,9-10H2,1H3,(H,21,24)(H,22,25)/t11-,17+/m1/s1. The summed E-state index contributed by atoms with van der Waals surface area (Å²) in [6, 6.07) is 11.8. The van der Waals surface area contributed by atoms with E-state index in [0.717, 1.165) is 0 Å². The van der Waals surface area contributed by atoms with Crippen molar-refractivity contribution in [3.05, 3.63) is 42.5 Å². The molecule has 0 saturated carbocycles. The van der Waals surface area contributed by atoms with Gasteiger partial charge in [-0.05, 0) is 31.2 Å². The van der Waals surface area contributed by atoms with Crippen molar-refractivity contribution < 1.29 is 33.3 Å². The van der Waals surface area contributed by atoms with Gasteiger partial charge >= 0.3 is 5.97 Å². The number of anilines is 2. The number of carbonyl (C=O) groups excluding carboxylic acids is 3. The molecule has 0 saturated heterocycles. The Morgan fingerprint density at radius 1 is 1.17 bits per heavy atom. The van der Waals surface area contributed by atoms with Crippen LogP contribution >= 0.6 is 0 Å². The summed E-state index contributed by atoms with van der Waals surface area (Å²) >= 11 is 0. The predicted molar refractivity (Wildman–Crippen MR) is 101 cm³/mol. The molecule has 0 spiro atoms. The Labute approximate surface area is 165 Å². The Morgan fingerprint density at radius 2 is 1.97 bits per heavy atom. The predicted octanol–water partition coefficient (Wildman–Crippen LogP) is 2.08. The number of fused-ring (bicyclic) bond motifs is 2. The van der Waals surface area contributed by atoms with Gasteiger partial charge in [-0.2, -0.15) is 0 Å². The van der Waals surface area contributed by atoms with E-state index in [0.29, 0.717) is 28.6 Å². The third-order valence-corrected chi connectivity index (χ3v) is 4.38. The van der Waals surface area contributed by atoms with Crippen molar-refractivity contribution in [2.45, 2.75) is 25.6 Å². The molecule has 29 heavy (non-hydrogen) atoms. The zero-order valence-electron chi connectivity index (χ0n) is 15.5. The molecule has 2 atom stereocenters. The first-order valence-corrected chi connectivity index (χ1v) is 8.96. The highest BCUT2D eigenvalue weighted by Crippen LogP contribution is 2.34. The average Bonchev–Trinajstić information content (AvgIpc) is 3.16. The van der Waals surface area contributed by atoms with Gasteiger partial charge in [0.15, 0.2) is 23.7 Å². The summed E-state index contributed by atoms with van der Waals surface area (Å²) in [4.78, 5) is 36.6. The van der Waals surface area contributed by atoms with Crippen LogP contribution in [-0.4, -0.2) is 36.8 Å². The average molecular weight is 398 g/mol. The Kier molecular flexibility index (Phi) is 4.94. The van der Waals surface area contributed by atoms with E-state index < -0.39 is 30.0 Å². The molecule has 2 aliphatic rings. The molecule has 2 aromatic carbocycles. The molecule has 2 N–H and O–H groups in total. The maximum atomic E-state index is 12.3.